The number of nitrogens with zero attached hydrogens (tertiary/aromatic N) is 2. The Kier molecular flexibility index (Phi) is 6.03. The van der Waals surface area contributed by atoms with Gasteiger partial charge in [-0.25, -0.2) is 8.42 Å². The van der Waals surface area contributed by atoms with Gasteiger partial charge < -0.3 is 14.8 Å². The molecule has 0 aromatic heterocycles. The second-order valence-corrected chi connectivity index (χ2v) is 8.39. The maximum atomic E-state index is 12.9. The summed E-state index contributed by atoms with van der Waals surface area (Å²) in [6, 6.07) is 4.37. The maximum Gasteiger partial charge on any atom is 0.243 e. The second-order valence-electron chi connectivity index (χ2n) is 6.46. The van der Waals surface area contributed by atoms with Gasteiger partial charge in [0.1, 0.15) is 13.2 Å². The van der Waals surface area contributed by atoms with Crippen molar-refractivity contribution in [2.45, 2.75) is 17.9 Å². The minimum Gasteiger partial charge on any atom is -0.486 e. The van der Waals surface area contributed by atoms with Crippen LogP contribution in [0.1, 0.15) is 6.92 Å². The van der Waals surface area contributed by atoms with E-state index in [0.29, 0.717) is 57.4 Å². The standard InChI is InChI=1S/C18H25N3O5S/c1-3-6-19-18(22)14(2)20-7-9-21(10-8-20)27(23,24)15-4-5-16-17(13-15)26-12-11-25-16/h3-5,13-14H,1,6-12H2,2H3,(H,19,22)/t14-/m0/s1. The molecular weight excluding hydrogens is 370 g/mol. The molecule has 27 heavy (non-hydrogen) atoms. The predicted molar refractivity (Wildman–Crippen MR) is 100 cm³/mol. The summed E-state index contributed by atoms with van der Waals surface area (Å²) in [7, 11) is -3.62. The van der Waals surface area contributed by atoms with E-state index in [2.05, 4.69) is 11.9 Å². The van der Waals surface area contributed by atoms with E-state index in [1.54, 1.807) is 18.2 Å². The third-order valence-electron chi connectivity index (χ3n) is 4.77. The molecule has 148 valence electrons. The Hall–Kier alpha value is -2.10. The van der Waals surface area contributed by atoms with Crippen molar-refractivity contribution in [3.8, 4) is 11.5 Å². The zero-order valence-corrected chi connectivity index (χ0v) is 16.2. The first-order chi connectivity index (χ1) is 12.9. The summed E-state index contributed by atoms with van der Waals surface area (Å²) < 4.78 is 38.3. The Morgan fingerprint density at radius 1 is 1.22 bits per heavy atom. The van der Waals surface area contributed by atoms with Crippen molar-refractivity contribution in [2.24, 2.45) is 0 Å². The topological polar surface area (TPSA) is 88.2 Å². The van der Waals surface area contributed by atoms with Gasteiger partial charge in [0.15, 0.2) is 11.5 Å². The predicted octanol–water partition coefficient (Wildman–Crippen LogP) is 0.455. The highest BCUT2D eigenvalue weighted by Gasteiger charge is 2.32. The second kappa shape index (κ2) is 8.28. The Bertz CT molecular complexity index is 803. The summed E-state index contributed by atoms with van der Waals surface area (Å²) in [5, 5.41) is 2.77. The Morgan fingerprint density at radius 2 is 1.89 bits per heavy atom. The SMILES string of the molecule is C=CCNC(=O)[C@H](C)N1CCN(S(=O)(=O)c2ccc3c(c2)OCCO3)CC1. The third-order valence-corrected chi connectivity index (χ3v) is 6.67. The molecule has 8 nitrogen and oxygen atoms in total. The van der Waals surface area contributed by atoms with E-state index in [-0.39, 0.29) is 16.8 Å². The number of ether oxygens (including phenoxy) is 2. The molecule has 1 aromatic carbocycles. The molecule has 0 spiro atoms. The maximum absolute atomic E-state index is 12.9. The van der Waals surface area contributed by atoms with Gasteiger partial charge >= 0.3 is 0 Å². The molecule has 1 aromatic rings. The fraction of sp³-hybridized carbons (Fsp3) is 0.500. The number of nitrogens with one attached hydrogen (secondary N) is 1. The van der Waals surface area contributed by atoms with Crippen molar-refractivity contribution in [1.29, 1.82) is 0 Å². The van der Waals surface area contributed by atoms with Gasteiger partial charge in [0.25, 0.3) is 0 Å². The number of carbonyl (C=O) groups excluding carboxylic acids is 1. The van der Waals surface area contributed by atoms with Gasteiger partial charge in [-0.05, 0) is 19.1 Å². The van der Waals surface area contributed by atoms with Crippen molar-refractivity contribution < 1.29 is 22.7 Å². The Labute approximate surface area is 159 Å². The van der Waals surface area contributed by atoms with Crippen LogP contribution in [0.25, 0.3) is 0 Å². The average molecular weight is 395 g/mol. The Balaban J connectivity index is 1.64. The molecule has 1 saturated heterocycles. The number of amides is 1. The van der Waals surface area contributed by atoms with E-state index in [1.807, 2.05) is 11.8 Å². The van der Waals surface area contributed by atoms with E-state index in [4.69, 9.17) is 9.47 Å². The normalized spacial score (nSPS) is 19.3. The smallest absolute Gasteiger partial charge is 0.243 e. The van der Waals surface area contributed by atoms with Crippen LogP contribution in [0, 0.1) is 0 Å². The van der Waals surface area contributed by atoms with Crippen LogP contribution in [-0.4, -0.2) is 75.5 Å². The number of carbonyl (C=O) groups is 1. The molecule has 1 N–H and O–H groups in total. The summed E-state index contributed by atoms with van der Waals surface area (Å²) in [5.74, 6) is 0.927. The van der Waals surface area contributed by atoms with Crippen molar-refractivity contribution in [2.75, 3.05) is 45.9 Å². The van der Waals surface area contributed by atoms with Crippen LogP contribution >= 0.6 is 0 Å². The molecule has 2 aliphatic rings. The minimum absolute atomic E-state index is 0.0851. The summed E-state index contributed by atoms with van der Waals surface area (Å²) in [6.07, 6.45) is 1.63. The zero-order chi connectivity index (χ0) is 19.4. The molecule has 0 saturated carbocycles. The van der Waals surface area contributed by atoms with Crippen molar-refractivity contribution in [3.05, 3.63) is 30.9 Å². The number of benzene rings is 1. The van der Waals surface area contributed by atoms with Gasteiger partial charge in [-0.2, -0.15) is 4.31 Å². The van der Waals surface area contributed by atoms with Crippen LogP contribution in [0.2, 0.25) is 0 Å². The van der Waals surface area contributed by atoms with E-state index < -0.39 is 10.0 Å². The summed E-state index contributed by atoms with van der Waals surface area (Å²) in [6.45, 7) is 8.32. The molecule has 2 heterocycles. The van der Waals surface area contributed by atoms with Gasteiger partial charge in [0, 0.05) is 38.8 Å². The number of hydrogen-bond donors (Lipinski definition) is 1. The van der Waals surface area contributed by atoms with Crippen LogP contribution < -0.4 is 14.8 Å². The number of piperazine rings is 1. The lowest BCUT2D eigenvalue weighted by molar-refractivity contribution is -0.126. The lowest BCUT2D eigenvalue weighted by Crippen LogP contribution is -2.54. The van der Waals surface area contributed by atoms with Crippen LogP contribution in [0.15, 0.2) is 35.7 Å². The first-order valence-electron chi connectivity index (χ1n) is 8.96. The summed E-state index contributed by atoms with van der Waals surface area (Å²) in [4.78, 5) is 14.3. The molecule has 1 fully saturated rings. The molecule has 0 aliphatic carbocycles. The average Bonchev–Trinajstić information content (AvgIpc) is 2.71. The largest absolute Gasteiger partial charge is 0.486 e. The minimum atomic E-state index is -3.62. The van der Waals surface area contributed by atoms with Gasteiger partial charge in [0.05, 0.1) is 10.9 Å². The molecule has 9 heteroatoms. The van der Waals surface area contributed by atoms with Gasteiger partial charge in [-0.1, -0.05) is 6.08 Å². The molecule has 0 bridgehead atoms. The molecule has 0 radical (unpaired) electrons. The van der Waals surface area contributed by atoms with E-state index in [9.17, 15) is 13.2 Å². The van der Waals surface area contributed by atoms with Crippen molar-refractivity contribution >= 4 is 15.9 Å². The molecule has 2 aliphatic heterocycles. The third kappa shape index (κ3) is 4.26. The van der Waals surface area contributed by atoms with E-state index in [1.165, 1.54) is 10.4 Å². The fourth-order valence-corrected chi connectivity index (χ4v) is 4.59. The quantitative estimate of drug-likeness (QED) is 0.704. The zero-order valence-electron chi connectivity index (χ0n) is 15.4. The van der Waals surface area contributed by atoms with Crippen LogP contribution in [-0.2, 0) is 14.8 Å². The number of sulfonamides is 1. The first kappa shape index (κ1) is 19.7. The van der Waals surface area contributed by atoms with Gasteiger partial charge in [-0.15, -0.1) is 6.58 Å². The van der Waals surface area contributed by atoms with Crippen molar-refractivity contribution in [3.63, 3.8) is 0 Å². The Morgan fingerprint density at radius 3 is 2.56 bits per heavy atom. The molecule has 1 atom stereocenters. The van der Waals surface area contributed by atoms with Crippen LogP contribution in [0.4, 0.5) is 0 Å². The van der Waals surface area contributed by atoms with Crippen molar-refractivity contribution in [1.82, 2.24) is 14.5 Å². The summed E-state index contributed by atoms with van der Waals surface area (Å²) in [5.41, 5.74) is 0. The highest BCUT2D eigenvalue weighted by atomic mass is 32.2. The van der Waals surface area contributed by atoms with E-state index in [0.717, 1.165) is 0 Å². The molecule has 0 unspecified atom stereocenters. The first-order valence-corrected chi connectivity index (χ1v) is 10.4. The van der Waals surface area contributed by atoms with Crippen LogP contribution in [0.3, 0.4) is 0 Å². The highest BCUT2D eigenvalue weighted by Crippen LogP contribution is 2.33. The highest BCUT2D eigenvalue weighted by molar-refractivity contribution is 7.89. The number of hydrogen-bond acceptors (Lipinski definition) is 6. The van der Waals surface area contributed by atoms with Gasteiger partial charge in [0.2, 0.25) is 15.9 Å². The monoisotopic (exact) mass is 395 g/mol. The molecule has 3 rings (SSSR count). The molecular formula is C18H25N3O5S. The lowest BCUT2D eigenvalue weighted by Gasteiger charge is -2.36. The fourth-order valence-electron chi connectivity index (χ4n) is 3.15. The molecule has 1 amide bonds. The van der Waals surface area contributed by atoms with Gasteiger partial charge in [-0.3, -0.25) is 9.69 Å². The number of rotatable bonds is 6. The van der Waals surface area contributed by atoms with E-state index >= 15 is 0 Å². The summed E-state index contributed by atoms with van der Waals surface area (Å²) >= 11 is 0. The van der Waals surface area contributed by atoms with Crippen LogP contribution in [0.5, 0.6) is 11.5 Å². The number of fused-ring (bicyclic) bond motifs is 1. The lowest BCUT2D eigenvalue weighted by atomic mass is 10.2.